The highest BCUT2D eigenvalue weighted by molar-refractivity contribution is 5.69. The lowest BCUT2D eigenvalue weighted by atomic mass is 10.1. The van der Waals surface area contributed by atoms with Crippen molar-refractivity contribution in [3.05, 3.63) is 109 Å². The first-order valence-electron chi connectivity index (χ1n) is 10.7. The summed E-state index contributed by atoms with van der Waals surface area (Å²) in [6.07, 6.45) is 1.57. The third kappa shape index (κ3) is 5.02. The van der Waals surface area contributed by atoms with Crippen LogP contribution in [-0.2, 0) is 0 Å². The van der Waals surface area contributed by atoms with Crippen LogP contribution < -0.4 is 10.6 Å². The van der Waals surface area contributed by atoms with Gasteiger partial charge in [-0.25, -0.2) is 19.9 Å². The number of nitrogens with zero attached hydrogens (tertiary/aromatic N) is 4. The lowest BCUT2D eigenvalue weighted by Crippen LogP contribution is -1.99. The molecule has 0 bridgehead atoms. The molecule has 6 heteroatoms. The van der Waals surface area contributed by atoms with Crippen LogP contribution in [0.3, 0.4) is 0 Å². The zero-order valence-electron chi connectivity index (χ0n) is 18.1. The average Bonchev–Trinajstić information content (AvgIpc) is 2.86. The highest BCUT2D eigenvalue weighted by atomic mass is 15.0. The van der Waals surface area contributed by atoms with E-state index in [1.54, 1.807) is 6.33 Å². The normalized spacial score (nSPS) is 10.6. The van der Waals surface area contributed by atoms with Crippen LogP contribution in [-0.4, -0.2) is 19.9 Å². The Labute approximate surface area is 192 Å². The highest BCUT2D eigenvalue weighted by Crippen LogP contribution is 2.25. The maximum absolute atomic E-state index is 4.56. The van der Waals surface area contributed by atoms with Crippen molar-refractivity contribution in [1.29, 1.82) is 0 Å². The lowest BCUT2D eigenvalue weighted by Gasteiger charge is -2.11. The van der Waals surface area contributed by atoms with Crippen LogP contribution in [0.25, 0.3) is 22.5 Å². The van der Waals surface area contributed by atoms with Crippen molar-refractivity contribution in [2.75, 3.05) is 10.6 Å². The SMILES string of the molecule is Cc1nc(Nc2ccc(Nc3cc(-c4ccccc4)ncn3)cc2)cc(-c2ccccc2)n1. The van der Waals surface area contributed by atoms with E-state index in [9.17, 15) is 0 Å². The maximum Gasteiger partial charge on any atom is 0.134 e. The molecule has 0 unspecified atom stereocenters. The first kappa shape index (κ1) is 20.3. The zero-order valence-corrected chi connectivity index (χ0v) is 18.1. The summed E-state index contributed by atoms with van der Waals surface area (Å²) < 4.78 is 0. The van der Waals surface area contributed by atoms with Crippen molar-refractivity contribution in [3.8, 4) is 22.5 Å². The maximum atomic E-state index is 4.56. The van der Waals surface area contributed by atoms with Crippen molar-refractivity contribution < 1.29 is 0 Å². The van der Waals surface area contributed by atoms with Crippen LogP contribution in [0.5, 0.6) is 0 Å². The molecule has 0 saturated carbocycles. The third-order valence-electron chi connectivity index (χ3n) is 5.07. The van der Waals surface area contributed by atoms with Crippen LogP contribution in [0.2, 0.25) is 0 Å². The van der Waals surface area contributed by atoms with Gasteiger partial charge in [0, 0.05) is 34.6 Å². The lowest BCUT2D eigenvalue weighted by molar-refractivity contribution is 1.06. The van der Waals surface area contributed by atoms with E-state index in [0.717, 1.165) is 51.3 Å². The first-order chi connectivity index (χ1) is 16.2. The van der Waals surface area contributed by atoms with Gasteiger partial charge in [-0.2, -0.15) is 0 Å². The monoisotopic (exact) mass is 430 g/mol. The molecule has 5 aromatic rings. The van der Waals surface area contributed by atoms with Crippen LogP contribution in [0.4, 0.5) is 23.0 Å². The molecule has 0 fully saturated rings. The smallest absolute Gasteiger partial charge is 0.134 e. The van der Waals surface area contributed by atoms with Crippen molar-refractivity contribution in [2.24, 2.45) is 0 Å². The number of nitrogens with one attached hydrogen (secondary N) is 2. The number of aromatic nitrogens is 4. The van der Waals surface area contributed by atoms with E-state index >= 15 is 0 Å². The van der Waals surface area contributed by atoms with E-state index in [0.29, 0.717) is 0 Å². The Hall–Kier alpha value is -4.58. The van der Waals surface area contributed by atoms with Gasteiger partial charge >= 0.3 is 0 Å². The Kier molecular flexibility index (Phi) is 5.72. The topological polar surface area (TPSA) is 75.6 Å². The molecule has 2 heterocycles. The minimum absolute atomic E-state index is 0.718. The minimum Gasteiger partial charge on any atom is -0.340 e. The number of rotatable bonds is 6. The molecule has 2 aromatic heterocycles. The van der Waals surface area contributed by atoms with E-state index in [1.807, 2.05) is 104 Å². The Balaban J connectivity index is 1.30. The van der Waals surface area contributed by atoms with E-state index in [-0.39, 0.29) is 0 Å². The molecular weight excluding hydrogens is 408 g/mol. The van der Waals surface area contributed by atoms with Crippen molar-refractivity contribution in [2.45, 2.75) is 6.92 Å². The van der Waals surface area contributed by atoms with E-state index in [4.69, 9.17) is 0 Å². The fraction of sp³-hybridized carbons (Fsp3) is 0.0370. The van der Waals surface area contributed by atoms with Gasteiger partial charge in [0.25, 0.3) is 0 Å². The number of hydrogen-bond acceptors (Lipinski definition) is 6. The van der Waals surface area contributed by atoms with Crippen LogP contribution in [0.15, 0.2) is 103 Å². The number of aryl methyl sites for hydroxylation is 1. The molecule has 33 heavy (non-hydrogen) atoms. The predicted octanol–water partition coefficient (Wildman–Crippen LogP) is 6.40. The molecule has 0 aliphatic heterocycles. The van der Waals surface area contributed by atoms with Gasteiger partial charge < -0.3 is 10.6 Å². The van der Waals surface area contributed by atoms with Gasteiger partial charge in [0.05, 0.1) is 11.4 Å². The Bertz CT molecular complexity index is 1350. The summed E-state index contributed by atoms with van der Waals surface area (Å²) in [4.78, 5) is 17.8. The number of benzene rings is 3. The van der Waals surface area contributed by atoms with Gasteiger partial charge in [0.15, 0.2) is 0 Å². The van der Waals surface area contributed by atoms with E-state index in [2.05, 4.69) is 30.6 Å². The number of anilines is 4. The summed E-state index contributed by atoms with van der Waals surface area (Å²) in [7, 11) is 0. The molecule has 6 nitrogen and oxygen atoms in total. The summed E-state index contributed by atoms with van der Waals surface area (Å²) in [6, 6.07) is 32.0. The predicted molar refractivity (Wildman–Crippen MR) is 133 cm³/mol. The standard InChI is InChI=1S/C27H22N6/c1-19-30-25(21-10-6-3-7-11-21)17-27(31-19)33-23-14-12-22(13-15-23)32-26-16-24(28-18-29-26)20-8-4-2-5-9-20/h2-18H,1H3,(H,28,29,32)(H,30,31,33). The summed E-state index contributed by atoms with van der Waals surface area (Å²) in [5.41, 5.74) is 5.75. The molecule has 0 atom stereocenters. The Morgan fingerprint density at radius 3 is 1.73 bits per heavy atom. The van der Waals surface area contributed by atoms with Crippen LogP contribution in [0.1, 0.15) is 5.82 Å². The fourth-order valence-electron chi connectivity index (χ4n) is 3.51. The molecule has 0 aliphatic carbocycles. The molecule has 2 N–H and O–H groups in total. The number of hydrogen-bond donors (Lipinski definition) is 2. The van der Waals surface area contributed by atoms with Crippen LogP contribution in [0, 0.1) is 6.92 Å². The van der Waals surface area contributed by atoms with E-state index in [1.165, 1.54) is 0 Å². The largest absolute Gasteiger partial charge is 0.340 e. The Morgan fingerprint density at radius 1 is 0.545 bits per heavy atom. The fourth-order valence-corrected chi connectivity index (χ4v) is 3.51. The minimum atomic E-state index is 0.718. The van der Waals surface area contributed by atoms with Gasteiger partial charge in [-0.05, 0) is 31.2 Å². The second-order valence-corrected chi connectivity index (χ2v) is 7.53. The molecule has 0 radical (unpaired) electrons. The van der Waals surface area contributed by atoms with Gasteiger partial charge in [-0.15, -0.1) is 0 Å². The van der Waals surface area contributed by atoms with Crippen molar-refractivity contribution >= 4 is 23.0 Å². The van der Waals surface area contributed by atoms with Gasteiger partial charge in [-0.3, -0.25) is 0 Å². The Morgan fingerprint density at radius 2 is 1.09 bits per heavy atom. The van der Waals surface area contributed by atoms with Gasteiger partial charge in [0.2, 0.25) is 0 Å². The van der Waals surface area contributed by atoms with E-state index < -0.39 is 0 Å². The molecule has 0 amide bonds. The molecule has 3 aromatic carbocycles. The van der Waals surface area contributed by atoms with Gasteiger partial charge in [-0.1, -0.05) is 60.7 Å². The molecule has 0 spiro atoms. The average molecular weight is 431 g/mol. The molecule has 0 saturated heterocycles. The third-order valence-corrected chi connectivity index (χ3v) is 5.07. The summed E-state index contributed by atoms with van der Waals surface area (Å²) in [5, 5.41) is 6.71. The summed E-state index contributed by atoms with van der Waals surface area (Å²) >= 11 is 0. The summed E-state index contributed by atoms with van der Waals surface area (Å²) in [6.45, 7) is 1.90. The van der Waals surface area contributed by atoms with Gasteiger partial charge in [0.1, 0.15) is 23.8 Å². The van der Waals surface area contributed by atoms with Crippen molar-refractivity contribution in [3.63, 3.8) is 0 Å². The zero-order chi connectivity index (χ0) is 22.5. The molecular formula is C27H22N6. The second kappa shape index (κ2) is 9.28. The molecule has 0 aliphatic rings. The second-order valence-electron chi connectivity index (χ2n) is 7.53. The first-order valence-corrected chi connectivity index (χ1v) is 10.7. The molecule has 5 rings (SSSR count). The molecule has 160 valence electrons. The summed E-state index contributed by atoms with van der Waals surface area (Å²) in [5.74, 6) is 2.21. The quantitative estimate of drug-likeness (QED) is 0.325. The van der Waals surface area contributed by atoms with Crippen molar-refractivity contribution in [1.82, 2.24) is 19.9 Å². The highest BCUT2D eigenvalue weighted by Gasteiger charge is 2.06. The van der Waals surface area contributed by atoms with Crippen LogP contribution >= 0.6 is 0 Å².